The van der Waals surface area contributed by atoms with Gasteiger partial charge in [0.1, 0.15) is 5.75 Å². The standard InChI is InChI=1S/C25H24N2O/c1-17-7-9-23(16-26-17)24-13-19(8-12-25(24)28)15-27-18(2)21-11-10-20-5-3-4-6-22(20)14-21/h3-14,16,18,27-28H,15H2,1-2H3/t18-/m1/s1. The van der Waals surface area contributed by atoms with Crippen LogP contribution in [0.3, 0.4) is 0 Å². The first-order valence-corrected chi connectivity index (χ1v) is 9.57. The second-order valence-electron chi connectivity index (χ2n) is 7.25. The van der Waals surface area contributed by atoms with E-state index in [1.165, 1.54) is 16.3 Å². The van der Waals surface area contributed by atoms with E-state index in [-0.39, 0.29) is 11.8 Å². The Balaban J connectivity index is 1.51. The largest absolute Gasteiger partial charge is 0.507 e. The van der Waals surface area contributed by atoms with Gasteiger partial charge >= 0.3 is 0 Å². The molecule has 0 unspecified atom stereocenters. The third-order valence-electron chi connectivity index (χ3n) is 5.17. The van der Waals surface area contributed by atoms with Crippen LogP contribution in [-0.2, 0) is 6.54 Å². The Morgan fingerprint density at radius 1 is 0.929 bits per heavy atom. The molecule has 4 rings (SSSR count). The Labute approximate surface area is 165 Å². The number of nitrogens with zero attached hydrogens (tertiary/aromatic N) is 1. The smallest absolute Gasteiger partial charge is 0.123 e. The fourth-order valence-electron chi connectivity index (χ4n) is 3.42. The van der Waals surface area contributed by atoms with Gasteiger partial charge in [0, 0.05) is 35.6 Å². The van der Waals surface area contributed by atoms with E-state index in [4.69, 9.17) is 0 Å². The van der Waals surface area contributed by atoms with Crippen molar-refractivity contribution in [3.63, 3.8) is 0 Å². The van der Waals surface area contributed by atoms with Crippen LogP contribution >= 0.6 is 0 Å². The third kappa shape index (κ3) is 3.90. The molecule has 3 nitrogen and oxygen atoms in total. The van der Waals surface area contributed by atoms with Crippen molar-refractivity contribution in [3.05, 3.63) is 95.8 Å². The van der Waals surface area contributed by atoms with Gasteiger partial charge in [0.25, 0.3) is 0 Å². The second-order valence-corrected chi connectivity index (χ2v) is 7.25. The van der Waals surface area contributed by atoms with Crippen LogP contribution in [0.5, 0.6) is 5.75 Å². The highest BCUT2D eigenvalue weighted by Crippen LogP contribution is 2.30. The molecule has 0 saturated heterocycles. The monoisotopic (exact) mass is 368 g/mol. The Morgan fingerprint density at radius 2 is 1.75 bits per heavy atom. The number of phenolic OH excluding ortho intramolecular Hbond substituents is 1. The summed E-state index contributed by atoms with van der Waals surface area (Å²) in [6.07, 6.45) is 1.80. The maximum Gasteiger partial charge on any atom is 0.123 e. The molecule has 0 aliphatic heterocycles. The van der Waals surface area contributed by atoms with Gasteiger partial charge in [-0.25, -0.2) is 0 Å². The Bertz CT molecular complexity index is 1100. The molecule has 3 heteroatoms. The predicted octanol–water partition coefficient (Wildman–Crippen LogP) is 5.77. The first-order chi connectivity index (χ1) is 13.6. The number of benzene rings is 3. The molecular weight excluding hydrogens is 344 g/mol. The lowest BCUT2D eigenvalue weighted by Crippen LogP contribution is -2.18. The number of phenols is 1. The van der Waals surface area contributed by atoms with Crippen molar-refractivity contribution >= 4 is 10.8 Å². The van der Waals surface area contributed by atoms with Crippen LogP contribution < -0.4 is 5.32 Å². The number of rotatable bonds is 5. The number of aromatic nitrogens is 1. The van der Waals surface area contributed by atoms with Gasteiger partial charge in [-0.1, -0.05) is 48.5 Å². The van der Waals surface area contributed by atoms with Crippen molar-refractivity contribution in [2.24, 2.45) is 0 Å². The van der Waals surface area contributed by atoms with Crippen LogP contribution in [-0.4, -0.2) is 10.1 Å². The van der Waals surface area contributed by atoms with E-state index in [2.05, 4.69) is 59.7 Å². The zero-order chi connectivity index (χ0) is 19.5. The minimum atomic E-state index is 0.225. The van der Waals surface area contributed by atoms with Gasteiger partial charge in [0.05, 0.1) is 0 Å². The van der Waals surface area contributed by atoms with E-state index in [0.717, 1.165) is 28.9 Å². The summed E-state index contributed by atoms with van der Waals surface area (Å²) in [4.78, 5) is 4.34. The van der Waals surface area contributed by atoms with Gasteiger partial charge < -0.3 is 10.4 Å². The zero-order valence-electron chi connectivity index (χ0n) is 16.2. The number of nitrogens with one attached hydrogen (secondary N) is 1. The van der Waals surface area contributed by atoms with E-state index < -0.39 is 0 Å². The van der Waals surface area contributed by atoms with Crippen LogP contribution in [0.25, 0.3) is 21.9 Å². The van der Waals surface area contributed by atoms with Gasteiger partial charge in [0.2, 0.25) is 0 Å². The van der Waals surface area contributed by atoms with Crippen LogP contribution in [0.4, 0.5) is 0 Å². The number of hydrogen-bond acceptors (Lipinski definition) is 3. The second kappa shape index (κ2) is 7.83. The molecule has 1 heterocycles. The molecule has 3 aromatic carbocycles. The minimum Gasteiger partial charge on any atom is -0.507 e. The number of aromatic hydroxyl groups is 1. The molecule has 0 bridgehead atoms. The summed E-state index contributed by atoms with van der Waals surface area (Å²) in [5.74, 6) is 0.275. The van der Waals surface area contributed by atoms with E-state index in [1.54, 1.807) is 12.3 Å². The molecule has 0 amide bonds. The summed E-state index contributed by atoms with van der Waals surface area (Å²) in [6.45, 7) is 4.86. The number of pyridine rings is 1. The average molecular weight is 368 g/mol. The number of hydrogen-bond donors (Lipinski definition) is 2. The summed E-state index contributed by atoms with van der Waals surface area (Å²) < 4.78 is 0. The molecule has 0 aliphatic rings. The molecule has 28 heavy (non-hydrogen) atoms. The van der Waals surface area contributed by atoms with Crippen LogP contribution in [0.15, 0.2) is 79.0 Å². The van der Waals surface area contributed by atoms with E-state index in [9.17, 15) is 5.11 Å². The number of aryl methyl sites for hydroxylation is 1. The van der Waals surface area contributed by atoms with Gasteiger partial charge in [-0.05, 0) is 60.0 Å². The van der Waals surface area contributed by atoms with Crippen molar-refractivity contribution < 1.29 is 5.11 Å². The molecule has 0 spiro atoms. The maximum absolute atomic E-state index is 10.3. The molecule has 2 N–H and O–H groups in total. The maximum atomic E-state index is 10.3. The predicted molar refractivity (Wildman–Crippen MR) is 115 cm³/mol. The molecule has 140 valence electrons. The summed E-state index contributed by atoms with van der Waals surface area (Å²) in [6, 6.07) is 24.9. The SMILES string of the molecule is Cc1ccc(-c2cc(CN[C@H](C)c3ccc4ccccc4c3)ccc2O)cn1. The lowest BCUT2D eigenvalue weighted by molar-refractivity contribution is 0.476. The number of fused-ring (bicyclic) bond motifs is 1. The Hall–Kier alpha value is -3.17. The fraction of sp³-hybridized carbons (Fsp3) is 0.160. The lowest BCUT2D eigenvalue weighted by Gasteiger charge is -2.16. The van der Waals surface area contributed by atoms with Gasteiger partial charge in [-0.2, -0.15) is 0 Å². The zero-order valence-corrected chi connectivity index (χ0v) is 16.2. The van der Waals surface area contributed by atoms with E-state index >= 15 is 0 Å². The Morgan fingerprint density at radius 3 is 2.54 bits per heavy atom. The summed E-state index contributed by atoms with van der Waals surface area (Å²) in [5.41, 5.74) is 5.09. The molecule has 0 saturated carbocycles. The van der Waals surface area contributed by atoms with Gasteiger partial charge in [0.15, 0.2) is 0 Å². The molecule has 1 atom stereocenters. The lowest BCUT2D eigenvalue weighted by atomic mass is 10.0. The molecule has 1 aromatic heterocycles. The highest BCUT2D eigenvalue weighted by Gasteiger charge is 2.09. The summed E-state index contributed by atoms with van der Waals surface area (Å²) in [7, 11) is 0. The summed E-state index contributed by atoms with van der Waals surface area (Å²) >= 11 is 0. The first kappa shape index (κ1) is 18.2. The van der Waals surface area contributed by atoms with Crippen molar-refractivity contribution in [1.82, 2.24) is 10.3 Å². The highest BCUT2D eigenvalue weighted by atomic mass is 16.3. The van der Waals surface area contributed by atoms with Crippen molar-refractivity contribution in [2.75, 3.05) is 0 Å². The molecular formula is C25H24N2O. The quantitative estimate of drug-likeness (QED) is 0.470. The average Bonchev–Trinajstić information content (AvgIpc) is 2.73. The fourth-order valence-corrected chi connectivity index (χ4v) is 3.42. The molecule has 0 radical (unpaired) electrons. The molecule has 4 aromatic rings. The Kier molecular flexibility index (Phi) is 5.09. The van der Waals surface area contributed by atoms with Crippen molar-refractivity contribution in [2.45, 2.75) is 26.4 Å². The van der Waals surface area contributed by atoms with Crippen molar-refractivity contribution in [3.8, 4) is 16.9 Å². The molecule has 0 fully saturated rings. The first-order valence-electron chi connectivity index (χ1n) is 9.57. The third-order valence-corrected chi connectivity index (χ3v) is 5.17. The normalized spacial score (nSPS) is 12.2. The van der Waals surface area contributed by atoms with Crippen LogP contribution in [0, 0.1) is 6.92 Å². The minimum absolute atomic E-state index is 0.225. The van der Waals surface area contributed by atoms with Crippen LogP contribution in [0.1, 0.15) is 29.8 Å². The highest BCUT2D eigenvalue weighted by molar-refractivity contribution is 5.83. The summed E-state index contributed by atoms with van der Waals surface area (Å²) in [5, 5.41) is 16.4. The van der Waals surface area contributed by atoms with Crippen molar-refractivity contribution in [1.29, 1.82) is 0 Å². The van der Waals surface area contributed by atoms with Gasteiger partial charge in [-0.3, -0.25) is 4.98 Å². The van der Waals surface area contributed by atoms with Gasteiger partial charge in [-0.15, -0.1) is 0 Å². The topological polar surface area (TPSA) is 45.1 Å². The van der Waals surface area contributed by atoms with E-state index in [0.29, 0.717) is 0 Å². The van der Waals surface area contributed by atoms with E-state index in [1.807, 2.05) is 31.2 Å². The van der Waals surface area contributed by atoms with Crippen LogP contribution in [0.2, 0.25) is 0 Å². The molecule has 0 aliphatic carbocycles.